The predicted octanol–water partition coefficient (Wildman–Crippen LogP) is 1.45. The van der Waals surface area contributed by atoms with Crippen molar-refractivity contribution in [2.75, 3.05) is 0 Å². The molecule has 1 aromatic carbocycles. The first-order valence-electron chi connectivity index (χ1n) is 4.34. The van der Waals surface area contributed by atoms with Gasteiger partial charge in [0.05, 0.1) is 0 Å². The molecule has 4 heteroatoms. The zero-order valence-electron chi connectivity index (χ0n) is 7.65. The van der Waals surface area contributed by atoms with Crippen LogP contribution in [0, 0.1) is 0 Å². The summed E-state index contributed by atoms with van der Waals surface area (Å²) in [5, 5.41) is 18.7. The third kappa shape index (κ3) is 1.19. The molecule has 4 nitrogen and oxygen atoms in total. The minimum Gasteiger partial charge on any atom is -0.504 e. The first kappa shape index (κ1) is 8.87. The second-order valence-electron chi connectivity index (χ2n) is 3.36. The summed E-state index contributed by atoms with van der Waals surface area (Å²) in [6, 6.07) is 2.79. The Hall–Kier alpha value is -1.71. The van der Waals surface area contributed by atoms with Crippen LogP contribution in [-0.2, 0) is 0 Å². The topological polar surface area (TPSA) is 66.8 Å². The number of benzene rings is 1. The molecule has 2 N–H and O–H groups in total. The van der Waals surface area contributed by atoms with Crippen molar-refractivity contribution in [1.29, 1.82) is 0 Å². The van der Waals surface area contributed by atoms with Crippen LogP contribution < -0.4 is 4.74 Å². The standard InChI is InChI=1S/C10H10O4/c1-5-4-7(12)9-8(14-5)3-2-6(11)10(9)13/h2-3,5,11,13H,4H2,1H3. The molecular formula is C10H10O4. The van der Waals surface area contributed by atoms with Gasteiger partial charge in [-0.15, -0.1) is 0 Å². The van der Waals surface area contributed by atoms with Crippen LogP contribution in [-0.4, -0.2) is 22.1 Å². The Kier molecular flexibility index (Phi) is 1.84. The number of carbonyl (C=O) groups is 1. The SMILES string of the molecule is CC1CC(=O)c2c(ccc(O)c2O)O1. The van der Waals surface area contributed by atoms with Gasteiger partial charge in [-0.05, 0) is 19.1 Å². The monoisotopic (exact) mass is 194 g/mol. The molecule has 0 saturated carbocycles. The fourth-order valence-corrected chi connectivity index (χ4v) is 1.55. The summed E-state index contributed by atoms with van der Waals surface area (Å²) < 4.78 is 5.35. The van der Waals surface area contributed by atoms with Crippen LogP contribution in [0.4, 0.5) is 0 Å². The molecule has 1 aliphatic heterocycles. The van der Waals surface area contributed by atoms with E-state index in [9.17, 15) is 15.0 Å². The van der Waals surface area contributed by atoms with Crippen LogP contribution in [0.25, 0.3) is 0 Å². The van der Waals surface area contributed by atoms with Gasteiger partial charge in [0.25, 0.3) is 0 Å². The maximum atomic E-state index is 11.5. The molecule has 2 rings (SSSR count). The number of ketones is 1. The summed E-state index contributed by atoms with van der Waals surface area (Å²) in [7, 11) is 0. The molecule has 1 unspecified atom stereocenters. The van der Waals surface area contributed by atoms with Gasteiger partial charge in [0.2, 0.25) is 0 Å². The second kappa shape index (κ2) is 2.90. The van der Waals surface area contributed by atoms with Crippen molar-refractivity contribution >= 4 is 5.78 Å². The second-order valence-corrected chi connectivity index (χ2v) is 3.36. The molecule has 1 aliphatic rings. The fourth-order valence-electron chi connectivity index (χ4n) is 1.55. The first-order valence-corrected chi connectivity index (χ1v) is 4.34. The number of hydrogen-bond donors (Lipinski definition) is 2. The van der Waals surface area contributed by atoms with Gasteiger partial charge in [0.15, 0.2) is 17.3 Å². The van der Waals surface area contributed by atoms with Gasteiger partial charge in [-0.1, -0.05) is 0 Å². The van der Waals surface area contributed by atoms with E-state index in [-0.39, 0.29) is 35.4 Å². The summed E-state index contributed by atoms with van der Waals surface area (Å²) in [6.07, 6.45) is 0.0447. The average molecular weight is 194 g/mol. The van der Waals surface area contributed by atoms with Gasteiger partial charge in [-0.2, -0.15) is 0 Å². The number of phenols is 2. The van der Waals surface area contributed by atoms with Crippen molar-refractivity contribution in [3.8, 4) is 17.2 Å². The Balaban J connectivity index is 2.60. The summed E-state index contributed by atoms with van der Waals surface area (Å²) in [4.78, 5) is 11.5. The molecule has 0 bridgehead atoms. The minimum atomic E-state index is -0.389. The number of aromatic hydroxyl groups is 2. The van der Waals surface area contributed by atoms with E-state index in [0.717, 1.165) is 0 Å². The van der Waals surface area contributed by atoms with Crippen molar-refractivity contribution < 1.29 is 19.7 Å². The number of rotatable bonds is 0. The summed E-state index contributed by atoms with van der Waals surface area (Å²) >= 11 is 0. The molecule has 14 heavy (non-hydrogen) atoms. The average Bonchev–Trinajstić information content (AvgIpc) is 2.10. The third-order valence-corrected chi connectivity index (χ3v) is 2.20. The number of carbonyl (C=O) groups excluding carboxylic acids is 1. The molecule has 0 fully saturated rings. The maximum Gasteiger partial charge on any atom is 0.174 e. The van der Waals surface area contributed by atoms with E-state index < -0.39 is 0 Å². The Morgan fingerprint density at radius 2 is 2.14 bits per heavy atom. The van der Waals surface area contributed by atoms with E-state index in [4.69, 9.17) is 4.74 Å². The molecule has 0 spiro atoms. The van der Waals surface area contributed by atoms with E-state index >= 15 is 0 Å². The Bertz CT molecular complexity index is 397. The van der Waals surface area contributed by atoms with Crippen molar-refractivity contribution in [2.24, 2.45) is 0 Å². The Morgan fingerprint density at radius 1 is 1.43 bits per heavy atom. The summed E-state index contributed by atoms with van der Waals surface area (Å²) in [5.41, 5.74) is 0.0862. The minimum absolute atomic E-state index is 0.0862. The molecule has 1 aromatic rings. The first-order chi connectivity index (χ1) is 6.59. The van der Waals surface area contributed by atoms with Crippen LogP contribution in [0.3, 0.4) is 0 Å². The summed E-state index contributed by atoms with van der Waals surface area (Å²) in [5.74, 6) is -0.550. The third-order valence-electron chi connectivity index (χ3n) is 2.20. The molecule has 0 radical (unpaired) electrons. The van der Waals surface area contributed by atoms with Gasteiger partial charge >= 0.3 is 0 Å². The zero-order chi connectivity index (χ0) is 10.3. The Morgan fingerprint density at radius 3 is 2.86 bits per heavy atom. The number of Topliss-reactive ketones (excluding diaryl/α,β-unsaturated/α-hetero) is 1. The molecule has 0 amide bonds. The normalized spacial score (nSPS) is 20.1. The highest BCUT2D eigenvalue weighted by atomic mass is 16.5. The summed E-state index contributed by atoms with van der Waals surface area (Å²) in [6.45, 7) is 1.78. The quantitative estimate of drug-likeness (QED) is 0.613. The lowest BCUT2D eigenvalue weighted by molar-refractivity contribution is 0.0865. The van der Waals surface area contributed by atoms with Crippen LogP contribution in [0.15, 0.2) is 12.1 Å². The molecule has 0 aromatic heterocycles. The van der Waals surface area contributed by atoms with E-state index in [1.807, 2.05) is 0 Å². The lowest BCUT2D eigenvalue weighted by Crippen LogP contribution is -2.23. The van der Waals surface area contributed by atoms with Gasteiger partial charge in [-0.25, -0.2) is 0 Å². The molecule has 74 valence electrons. The molecular weight excluding hydrogens is 184 g/mol. The lowest BCUT2D eigenvalue weighted by atomic mass is 10.00. The molecule has 1 heterocycles. The maximum absolute atomic E-state index is 11.5. The largest absolute Gasteiger partial charge is 0.504 e. The van der Waals surface area contributed by atoms with E-state index in [1.165, 1.54) is 12.1 Å². The van der Waals surface area contributed by atoms with Gasteiger partial charge in [0.1, 0.15) is 17.4 Å². The van der Waals surface area contributed by atoms with Crippen LogP contribution >= 0.6 is 0 Å². The highest BCUT2D eigenvalue weighted by Gasteiger charge is 2.27. The molecule has 0 saturated heterocycles. The Labute approximate surface area is 80.7 Å². The molecule has 0 aliphatic carbocycles. The van der Waals surface area contributed by atoms with Gasteiger partial charge in [-0.3, -0.25) is 4.79 Å². The van der Waals surface area contributed by atoms with Gasteiger partial charge in [0, 0.05) is 6.42 Å². The number of hydrogen-bond acceptors (Lipinski definition) is 4. The van der Waals surface area contributed by atoms with Crippen LogP contribution in [0.1, 0.15) is 23.7 Å². The highest BCUT2D eigenvalue weighted by Crippen LogP contribution is 2.39. The number of phenolic OH excluding ortho intramolecular Hbond substituents is 2. The highest BCUT2D eigenvalue weighted by molar-refractivity contribution is 6.03. The number of fused-ring (bicyclic) bond motifs is 1. The van der Waals surface area contributed by atoms with Crippen molar-refractivity contribution in [3.63, 3.8) is 0 Å². The zero-order valence-corrected chi connectivity index (χ0v) is 7.65. The van der Waals surface area contributed by atoms with Gasteiger partial charge < -0.3 is 14.9 Å². The van der Waals surface area contributed by atoms with Crippen LogP contribution in [0.5, 0.6) is 17.2 Å². The van der Waals surface area contributed by atoms with E-state index in [0.29, 0.717) is 5.75 Å². The van der Waals surface area contributed by atoms with E-state index in [2.05, 4.69) is 0 Å². The van der Waals surface area contributed by atoms with Crippen molar-refractivity contribution in [3.05, 3.63) is 17.7 Å². The van der Waals surface area contributed by atoms with Crippen LogP contribution in [0.2, 0.25) is 0 Å². The van der Waals surface area contributed by atoms with Crippen molar-refractivity contribution in [2.45, 2.75) is 19.4 Å². The van der Waals surface area contributed by atoms with E-state index in [1.54, 1.807) is 6.92 Å². The fraction of sp³-hybridized carbons (Fsp3) is 0.300. The predicted molar refractivity (Wildman–Crippen MR) is 48.8 cm³/mol. The number of ether oxygens (including phenoxy) is 1. The lowest BCUT2D eigenvalue weighted by Gasteiger charge is -2.22. The van der Waals surface area contributed by atoms with Crippen molar-refractivity contribution in [1.82, 2.24) is 0 Å². The smallest absolute Gasteiger partial charge is 0.174 e. The molecule has 1 atom stereocenters.